The Hall–Kier alpha value is -1.53. The first-order valence-corrected chi connectivity index (χ1v) is 11.3. The summed E-state index contributed by atoms with van der Waals surface area (Å²) in [5.41, 5.74) is 1.99. The van der Waals surface area contributed by atoms with Gasteiger partial charge in [0.2, 0.25) is 15.9 Å². The van der Waals surface area contributed by atoms with E-state index in [0.717, 1.165) is 19.3 Å². The van der Waals surface area contributed by atoms with Crippen molar-refractivity contribution < 1.29 is 13.2 Å². The van der Waals surface area contributed by atoms with Crippen LogP contribution in [0.25, 0.3) is 0 Å². The summed E-state index contributed by atoms with van der Waals surface area (Å²) in [5, 5.41) is 3.48. The molecule has 0 unspecified atom stereocenters. The van der Waals surface area contributed by atoms with Crippen LogP contribution in [-0.4, -0.2) is 33.7 Å². The Labute approximate surface area is 161 Å². The second-order valence-corrected chi connectivity index (χ2v) is 8.97. The molecule has 0 radical (unpaired) electrons. The number of sulfonamides is 1. The number of hydrogen-bond acceptors (Lipinski definition) is 3. The first-order chi connectivity index (χ1) is 12.4. The van der Waals surface area contributed by atoms with Crippen molar-refractivity contribution in [2.75, 3.05) is 23.7 Å². The highest BCUT2D eigenvalue weighted by atomic mass is 35.5. The fourth-order valence-corrected chi connectivity index (χ4v) is 4.15. The molecule has 0 saturated heterocycles. The Morgan fingerprint density at radius 3 is 2.58 bits per heavy atom. The zero-order valence-corrected chi connectivity index (χ0v) is 16.8. The maximum atomic E-state index is 12.0. The second kappa shape index (κ2) is 9.97. The molecule has 2 rings (SSSR count). The molecule has 0 aliphatic heterocycles. The van der Waals surface area contributed by atoms with Crippen LogP contribution in [0.4, 0.5) is 5.69 Å². The molecule has 5 nitrogen and oxygen atoms in total. The number of rotatable bonds is 9. The van der Waals surface area contributed by atoms with E-state index in [9.17, 15) is 13.2 Å². The number of nitrogens with zero attached hydrogens (tertiary/aromatic N) is 1. The maximum absolute atomic E-state index is 12.0. The van der Waals surface area contributed by atoms with E-state index < -0.39 is 10.0 Å². The van der Waals surface area contributed by atoms with Crippen molar-refractivity contribution in [3.8, 4) is 0 Å². The molecule has 0 heterocycles. The molecule has 0 atom stereocenters. The number of allylic oxidation sites excluding steroid dienone is 1. The molecule has 0 aromatic heterocycles. The second-order valence-electron chi connectivity index (χ2n) is 6.62. The topological polar surface area (TPSA) is 66.5 Å². The van der Waals surface area contributed by atoms with Crippen LogP contribution in [0, 0.1) is 0 Å². The summed E-state index contributed by atoms with van der Waals surface area (Å²) in [7, 11) is -3.41. The summed E-state index contributed by atoms with van der Waals surface area (Å²) < 4.78 is 25.4. The van der Waals surface area contributed by atoms with Gasteiger partial charge < -0.3 is 5.32 Å². The fraction of sp³-hybridized carbons (Fsp3) is 0.526. The highest BCUT2D eigenvalue weighted by Crippen LogP contribution is 2.21. The van der Waals surface area contributed by atoms with Crippen LogP contribution in [0.1, 0.15) is 44.9 Å². The highest BCUT2D eigenvalue weighted by Gasteiger charge is 2.17. The average Bonchev–Trinajstić information content (AvgIpc) is 2.60. The molecule has 0 fully saturated rings. The van der Waals surface area contributed by atoms with Gasteiger partial charge >= 0.3 is 0 Å². The summed E-state index contributed by atoms with van der Waals surface area (Å²) in [6.07, 6.45) is 9.92. The lowest BCUT2D eigenvalue weighted by Crippen LogP contribution is -2.32. The Bertz CT molecular complexity index is 730. The van der Waals surface area contributed by atoms with Gasteiger partial charge in [-0.2, -0.15) is 0 Å². The van der Waals surface area contributed by atoms with E-state index in [4.69, 9.17) is 11.6 Å². The van der Waals surface area contributed by atoms with Gasteiger partial charge in [0.15, 0.2) is 0 Å². The number of benzene rings is 1. The van der Waals surface area contributed by atoms with Gasteiger partial charge in [0.1, 0.15) is 0 Å². The summed E-state index contributed by atoms with van der Waals surface area (Å²) in [6.45, 7) is 0.913. The van der Waals surface area contributed by atoms with Crippen LogP contribution in [0.2, 0.25) is 5.02 Å². The maximum Gasteiger partial charge on any atom is 0.232 e. The monoisotopic (exact) mass is 398 g/mol. The summed E-state index contributed by atoms with van der Waals surface area (Å²) >= 11 is 5.86. The lowest BCUT2D eigenvalue weighted by Gasteiger charge is -2.22. The zero-order chi connectivity index (χ0) is 19.0. The Balaban J connectivity index is 1.77. The van der Waals surface area contributed by atoms with Crippen molar-refractivity contribution in [1.29, 1.82) is 0 Å². The third kappa shape index (κ3) is 7.00. The first kappa shape index (κ1) is 20.8. The predicted octanol–water partition coefficient (Wildman–Crippen LogP) is 3.89. The zero-order valence-electron chi connectivity index (χ0n) is 15.2. The van der Waals surface area contributed by atoms with Gasteiger partial charge in [-0.05, 0) is 62.8 Å². The molecule has 26 heavy (non-hydrogen) atoms. The van der Waals surface area contributed by atoms with Crippen molar-refractivity contribution in [2.45, 2.75) is 44.9 Å². The van der Waals surface area contributed by atoms with Gasteiger partial charge in [0.05, 0.1) is 11.9 Å². The minimum absolute atomic E-state index is 0.0361. The van der Waals surface area contributed by atoms with Crippen molar-refractivity contribution in [3.63, 3.8) is 0 Å². The van der Waals surface area contributed by atoms with Crippen LogP contribution in [0.15, 0.2) is 35.9 Å². The van der Waals surface area contributed by atoms with Crippen molar-refractivity contribution in [3.05, 3.63) is 40.9 Å². The molecule has 1 aromatic rings. The summed E-state index contributed by atoms with van der Waals surface area (Å²) in [4.78, 5) is 12.0. The van der Waals surface area contributed by atoms with E-state index >= 15 is 0 Å². The van der Waals surface area contributed by atoms with Gasteiger partial charge in [-0.1, -0.05) is 23.3 Å². The van der Waals surface area contributed by atoms with E-state index in [-0.39, 0.29) is 12.5 Å². The van der Waals surface area contributed by atoms with E-state index in [1.807, 2.05) is 0 Å². The number of nitrogens with one attached hydrogen (secondary N) is 1. The molecule has 1 amide bonds. The van der Waals surface area contributed by atoms with E-state index in [0.29, 0.717) is 30.1 Å². The van der Waals surface area contributed by atoms with Crippen molar-refractivity contribution in [1.82, 2.24) is 5.32 Å². The molecule has 1 aromatic carbocycles. The number of amides is 1. The SMILES string of the molecule is CS(=O)(=O)N(CCCC(=O)NCCC1=CCCCC1)c1ccc(Cl)cc1. The normalized spacial score (nSPS) is 14.6. The molecule has 1 aliphatic carbocycles. The first-order valence-electron chi connectivity index (χ1n) is 9.04. The molecule has 1 aliphatic rings. The fourth-order valence-electron chi connectivity index (χ4n) is 3.06. The number of anilines is 1. The van der Waals surface area contributed by atoms with Gasteiger partial charge in [-0.15, -0.1) is 0 Å². The number of hydrogen-bond donors (Lipinski definition) is 1. The van der Waals surface area contributed by atoms with E-state index in [2.05, 4.69) is 11.4 Å². The van der Waals surface area contributed by atoms with E-state index in [1.165, 1.54) is 29.0 Å². The van der Waals surface area contributed by atoms with Crippen LogP contribution in [0.5, 0.6) is 0 Å². The average molecular weight is 399 g/mol. The lowest BCUT2D eigenvalue weighted by atomic mass is 9.97. The van der Waals surface area contributed by atoms with Crippen LogP contribution >= 0.6 is 11.6 Å². The van der Waals surface area contributed by atoms with Gasteiger partial charge in [-0.25, -0.2) is 8.42 Å². The van der Waals surface area contributed by atoms with Crippen molar-refractivity contribution in [2.24, 2.45) is 0 Å². The van der Waals surface area contributed by atoms with Gasteiger partial charge in [-0.3, -0.25) is 9.10 Å². The quantitative estimate of drug-likeness (QED) is 0.641. The summed E-state index contributed by atoms with van der Waals surface area (Å²) in [5.74, 6) is -0.0361. The molecule has 0 spiro atoms. The predicted molar refractivity (Wildman–Crippen MR) is 107 cm³/mol. The minimum atomic E-state index is -3.41. The van der Waals surface area contributed by atoms with Crippen LogP contribution in [0.3, 0.4) is 0 Å². The standard InChI is InChI=1S/C19H27ClN2O3S/c1-26(24,25)22(18-11-9-17(20)10-12-18)15-5-8-19(23)21-14-13-16-6-3-2-4-7-16/h6,9-12H,2-5,7-8,13-15H2,1H3,(H,21,23). The molecular formula is C19H27ClN2O3S. The van der Waals surface area contributed by atoms with Crippen molar-refractivity contribution >= 4 is 33.2 Å². The minimum Gasteiger partial charge on any atom is -0.356 e. The molecule has 7 heteroatoms. The molecule has 0 bridgehead atoms. The Kier molecular flexibility index (Phi) is 7.97. The molecular weight excluding hydrogens is 372 g/mol. The smallest absolute Gasteiger partial charge is 0.232 e. The van der Waals surface area contributed by atoms with Crippen LogP contribution in [-0.2, 0) is 14.8 Å². The van der Waals surface area contributed by atoms with Crippen LogP contribution < -0.4 is 9.62 Å². The Morgan fingerprint density at radius 2 is 1.96 bits per heavy atom. The van der Waals surface area contributed by atoms with E-state index in [1.54, 1.807) is 24.3 Å². The molecule has 1 N–H and O–H groups in total. The largest absolute Gasteiger partial charge is 0.356 e. The third-order valence-electron chi connectivity index (χ3n) is 4.43. The number of halogens is 1. The van der Waals surface area contributed by atoms with Gasteiger partial charge in [0, 0.05) is 24.5 Å². The van der Waals surface area contributed by atoms with Gasteiger partial charge in [0.25, 0.3) is 0 Å². The highest BCUT2D eigenvalue weighted by molar-refractivity contribution is 7.92. The number of carbonyl (C=O) groups excluding carboxylic acids is 1. The molecule has 0 saturated carbocycles. The number of carbonyl (C=O) groups is 1. The third-order valence-corrected chi connectivity index (χ3v) is 5.88. The summed E-state index contributed by atoms with van der Waals surface area (Å²) in [6, 6.07) is 6.64. The lowest BCUT2D eigenvalue weighted by molar-refractivity contribution is -0.121. The Morgan fingerprint density at radius 1 is 1.23 bits per heavy atom. The molecule has 144 valence electrons.